The Bertz CT molecular complexity index is 430. The highest BCUT2D eigenvalue weighted by atomic mass is 16.4. The summed E-state index contributed by atoms with van der Waals surface area (Å²) in [5, 5.41) is 21.6. The van der Waals surface area contributed by atoms with E-state index in [1.807, 2.05) is 0 Å². The Kier molecular flexibility index (Phi) is 2.55. The number of oxime groups is 1. The maximum absolute atomic E-state index is 9.80. The molecule has 0 spiro atoms. The molecule has 0 saturated carbocycles. The summed E-state index contributed by atoms with van der Waals surface area (Å²) >= 11 is 0. The number of hydrogen-bond acceptors (Lipinski definition) is 5. The number of nitrogens with zero attached hydrogens (tertiary/aromatic N) is 1. The van der Waals surface area contributed by atoms with E-state index in [0.29, 0.717) is 11.5 Å². The van der Waals surface area contributed by atoms with Gasteiger partial charge in [0, 0.05) is 0 Å². The second-order valence-electron chi connectivity index (χ2n) is 2.88. The molecule has 2 N–H and O–H groups in total. The first kappa shape index (κ1) is 9.54. The molecule has 1 atom stereocenters. The average Bonchev–Trinajstić information content (AvgIpc) is 2.91. The lowest BCUT2D eigenvalue weighted by Crippen LogP contribution is -2.12. The fourth-order valence-corrected chi connectivity index (χ4v) is 1.24. The number of aliphatic hydroxyl groups is 1. The van der Waals surface area contributed by atoms with E-state index >= 15 is 0 Å². The van der Waals surface area contributed by atoms with Crippen LogP contribution in [0.25, 0.3) is 0 Å². The van der Waals surface area contributed by atoms with Gasteiger partial charge < -0.3 is 19.1 Å². The molecule has 0 aliphatic carbocycles. The summed E-state index contributed by atoms with van der Waals surface area (Å²) < 4.78 is 10.0. The SMILES string of the molecule is O/N=C(\c1ccco1)[C@H](O)c1ccco1. The number of hydrogen-bond donors (Lipinski definition) is 2. The summed E-state index contributed by atoms with van der Waals surface area (Å²) in [6.07, 6.45) is 1.71. The molecule has 2 rings (SSSR count). The van der Waals surface area contributed by atoms with Crippen molar-refractivity contribution in [2.24, 2.45) is 5.16 Å². The average molecular weight is 207 g/mol. The van der Waals surface area contributed by atoms with Crippen molar-refractivity contribution in [2.45, 2.75) is 6.10 Å². The molecule has 0 bridgehead atoms. The van der Waals surface area contributed by atoms with Crippen LogP contribution in [0.1, 0.15) is 17.6 Å². The van der Waals surface area contributed by atoms with Gasteiger partial charge in [0.25, 0.3) is 0 Å². The summed E-state index contributed by atoms with van der Waals surface area (Å²) in [6.45, 7) is 0. The molecule has 0 saturated heterocycles. The summed E-state index contributed by atoms with van der Waals surface area (Å²) in [5.41, 5.74) is 0.00921. The predicted octanol–water partition coefficient (Wildman–Crippen LogP) is 1.78. The van der Waals surface area contributed by atoms with Gasteiger partial charge in [0.1, 0.15) is 5.76 Å². The Morgan fingerprint density at radius 3 is 2.47 bits per heavy atom. The normalized spacial score (nSPS) is 14.1. The van der Waals surface area contributed by atoms with E-state index in [4.69, 9.17) is 14.0 Å². The van der Waals surface area contributed by atoms with Crippen molar-refractivity contribution in [1.29, 1.82) is 0 Å². The van der Waals surface area contributed by atoms with Gasteiger partial charge >= 0.3 is 0 Å². The van der Waals surface area contributed by atoms with Crippen molar-refractivity contribution in [3.8, 4) is 0 Å². The van der Waals surface area contributed by atoms with E-state index in [1.165, 1.54) is 12.5 Å². The number of furan rings is 2. The molecule has 0 aliphatic heterocycles. The van der Waals surface area contributed by atoms with Crippen molar-refractivity contribution in [1.82, 2.24) is 0 Å². The molecule has 2 heterocycles. The lowest BCUT2D eigenvalue weighted by Gasteiger charge is -2.06. The standard InChI is InChI=1S/C10H9NO4/c12-10(8-4-2-6-15-8)9(11-13)7-3-1-5-14-7/h1-6,10,12-13H/b11-9+/t10-/m1/s1. The first-order valence-corrected chi connectivity index (χ1v) is 4.30. The van der Waals surface area contributed by atoms with E-state index in [2.05, 4.69) is 5.16 Å². The molecule has 0 unspecified atom stereocenters. The molecular formula is C10H9NO4. The Morgan fingerprint density at radius 1 is 1.20 bits per heavy atom. The highest BCUT2D eigenvalue weighted by Crippen LogP contribution is 2.19. The first-order valence-electron chi connectivity index (χ1n) is 4.30. The van der Waals surface area contributed by atoms with Crippen LogP contribution >= 0.6 is 0 Å². The Morgan fingerprint density at radius 2 is 1.93 bits per heavy atom. The maximum atomic E-state index is 9.80. The van der Waals surface area contributed by atoms with Gasteiger partial charge in [-0.05, 0) is 24.3 Å². The van der Waals surface area contributed by atoms with Crippen molar-refractivity contribution >= 4 is 5.71 Å². The van der Waals surface area contributed by atoms with Gasteiger partial charge in [-0.1, -0.05) is 5.16 Å². The van der Waals surface area contributed by atoms with Crippen molar-refractivity contribution in [3.05, 3.63) is 48.3 Å². The molecule has 5 heteroatoms. The van der Waals surface area contributed by atoms with Crippen LogP contribution in [0, 0.1) is 0 Å². The van der Waals surface area contributed by atoms with E-state index in [1.54, 1.807) is 24.3 Å². The first-order chi connectivity index (χ1) is 7.33. The Balaban J connectivity index is 2.30. The molecule has 2 aromatic rings. The van der Waals surface area contributed by atoms with Gasteiger partial charge in [-0.15, -0.1) is 0 Å². The molecule has 0 fully saturated rings. The van der Waals surface area contributed by atoms with Gasteiger partial charge in [-0.2, -0.15) is 0 Å². The molecule has 0 radical (unpaired) electrons. The quantitative estimate of drug-likeness (QED) is 0.456. The van der Waals surface area contributed by atoms with Crippen LogP contribution in [0.4, 0.5) is 0 Å². The number of aliphatic hydroxyl groups excluding tert-OH is 1. The molecule has 15 heavy (non-hydrogen) atoms. The zero-order chi connectivity index (χ0) is 10.7. The van der Waals surface area contributed by atoms with Gasteiger partial charge in [0.2, 0.25) is 0 Å². The van der Waals surface area contributed by atoms with Crippen LogP contribution in [0.5, 0.6) is 0 Å². The minimum Gasteiger partial charge on any atom is -0.466 e. The third-order valence-corrected chi connectivity index (χ3v) is 1.95. The van der Waals surface area contributed by atoms with Crippen LogP contribution < -0.4 is 0 Å². The predicted molar refractivity (Wildman–Crippen MR) is 50.7 cm³/mol. The molecule has 0 aromatic carbocycles. The van der Waals surface area contributed by atoms with Crippen LogP contribution in [-0.2, 0) is 0 Å². The minimum absolute atomic E-state index is 0.00921. The number of rotatable bonds is 3. The van der Waals surface area contributed by atoms with Crippen molar-refractivity contribution in [3.63, 3.8) is 0 Å². The van der Waals surface area contributed by atoms with Crippen LogP contribution in [0.3, 0.4) is 0 Å². The molecule has 0 amide bonds. The van der Waals surface area contributed by atoms with Crippen molar-refractivity contribution in [2.75, 3.05) is 0 Å². The lowest BCUT2D eigenvalue weighted by atomic mass is 10.1. The highest BCUT2D eigenvalue weighted by molar-refractivity contribution is 6.01. The monoisotopic (exact) mass is 207 g/mol. The smallest absolute Gasteiger partial charge is 0.160 e. The second-order valence-corrected chi connectivity index (χ2v) is 2.88. The summed E-state index contributed by atoms with van der Waals surface area (Å²) in [7, 11) is 0. The molecule has 2 aromatic heterocycles. The lowest BCUT2D eigenvalue weighted by molar-refractivity contribution is 0.205. The van der Waals surface area contributed by atoms with Gasteiger partial charge in [-0.3, -0.25) is 0 Å². The van der Waals surface area contributed by atoms with E-state index in [0.717, 1.165) is 0 Å². The van der Waals surface area contributed by atoms with E-state index < -0.39 is 6.10 Å². The fourth-order valence-electron chi connectivity index (χ4n) is 1.24. The van der Waals surface area contributed by atoms with Gasteiger partial charge in [0.05, 0.1) is 12.5 Å². The van der Waals surface area contributed by atoms with Gasteiger partial charge in [0.15, 0.2) is 17.6 Å². The minimum atomic E-state index is -1.14. The zero-order valence-corrected chi connectivity index (χ0v) is 7.70. The zero-order valence-electron chi connectivity index (χ0n) is 7.70. The largest absolute Gasteiger partial charge is 0.466 e. The molecular weight excluding hydrogens is 198 g/mol. The topological polar surface area (TPSA) is 79.1 Å². The van der Waals surface area contributed by atoms with Crippen LogP contribution in [0.2, 0.25) is 0 Å². The fraction of sp³-hybridized carbons (Fsp3) is 0.100. The Labute approximate surface area is 85.2 Å². The van der Waals surface area contributed by atoms with E-state index in [-0.39, 0.29) is 5.71 Å². The van der Waals surface area contributed by atoms with Crippen molar-refractivity contribution < 1.29 is 19.1 Å². The third kappa shape index (κ3) is 1.77. The molecule has 5 nitrogen and oxygen atoms in total. The maximum Gasteiger partial charge on any atom is 0.160 e. The third-order valence-electron chi connectivity index (χ3n) is 1.95. The van der Waals surface area contributed by atoms with Crippen LogP contribution in [0.15, 0.2) is 50.8 Å². The summed E-state index contributed by atoms with van der Waals surface area (Å²) in [6, 6.07) is 6.44. The summed E-state index contributed by atoms with van der Waals surface area (Å²) in [4.78, 5) is 0. The highest BCUT2D eigenvalue weighted by Gasteiger charge is 2.22. The van der Waals surface area contributed by atoms with Crippen LogP contribution in [-0.4, -0.2) is 16.0 Å². The molecule has 0 aliphatic rings. The second kappa shape index (κ2) is 4.02. The van der Waals surface area contributed by atoms with Gasteiger partial charge in [-0.25, -0.2) is 0 Å². The van der Waals surface area contributed by atoms with E-state index in [9.17, 15) is 5.11 Å². The summed E-state index contributed by atoms with van der Waals surface area (Å²) in [5.74, 6) is 0.584. The molecule has 78 valence electrons. The Hall–Kier alpha value is -2.01.